The largest absolute Gasteiger partial charge is 0.390 e. The minimum Gasteiger partial charge on any atom is -0.390 e. The molecule has 1 heterocycles. The van der Waals surface area contributed by atoms with Gasteiger partial charge in [-0.15, -0.1) is 6.42 Å². The quantitative estimate of drug-likeness (QED) is 0.477. The molecular formula is C10H14N2O. The van der Waals surface area contributed by atoms with E-state index in [0.29, 0.717) is 0 Å². The van der Waals surface area contributed by atoms with Crippen LogP contribution in [0, 0.1) is 12.3 Å². The lowest BCUT2D eigenvalue weighted by molar-refractivity contribution is -0.110. The molecule has 0 saturated heterocycles. The maximum atomic E-state index is 11.3. The lowest BCUT2D eigenvalue weighted by atomic mass is 10.0. The topological polar surface area (TPSA) is 32.3 Å². The number of nitrogens with one attached hydrogen (secondary N) is 1. The molecule has 3 heteroatoms. The third-order valence-electron chi connectivity index (χ3n) is 2.24. The standard InChI is InChI=1S/C10H14N2O/c1-4-10(13)8-5-6-12(3)7-9(8)11-2/h1,11H,5-7H2,2-3H3. The van der Waals surface area contributed by atoms with Crippen LogP contribution in [0.3, 0.4) is 0 Å². The van der Waals surface area contributed by atoms with Crippen molar-refractivity contribution in [2.45, 2.75) is 6.42 Å². The molecule has 3 nitrogen and oxygen atoms in total. The van der Waals surface area contributed by atoms with Gasteiger partial charge in [0, 0.05) is 31.4 Å². The van der Waals surface area contributed by atoms with Gasteiger partial charge in [-0.1, -0.05) is 0 Å². The molecule has 1 aliphatic heterocycles. The van der Waals surface area contributed by atoms with Gasteiger partial charge >= 0.3 is 0 Å². The Morgan fingerprint density at radius 3 is 2.92 bits per heavy atom. The maximum absolute atomic E-state index is 11.3. The van der Waals surface area contributed by atoms with Gasteiger partial charge in [-0.3, -0.25) is 4.79 Å². The molecule has 1 N–H and O–H groups in total. The Morgan fingerprint density at radius 1 is 1.69 bits per heavy atom. The van der Waals surface area contributed by atoms with Crippen LogP contribution in [0.5, 0.6) is 0 Å². The van der Waals surface area contributed by atoms with Crippen molar-refractivity contribution in [1.82, 2.24) is 10.2 Å². The van der Waals surface area contributed by atoms with Gasteiger partial charge in [-0.05, 0) is 19.4 Å². The van der Waals surface area contributed by atoms with E-state index in [1.807, 2.05) is 14.1 Å². The molecule has 1 rings (SSSR count). The third-order valence-corrected chi connectivity index (χ3v) is 2.24. The van der Waals surface area contributed by atoms with E-state index in [1.54, 1.807) is 0 Å². The molecule has 1 aliphatic rings. The zero-order valence-corrected chi connectivity index (χ0v) is 8.05. The van der Waals surface area contributed by atoms with Crippen LogP contribution in [0.25, 0.3) is 0 Å². The van der Waals surface area contributed by atoms with Gasteiger partial charge in [0.15, 0.2) is 0 Å². The number of carbonyl (C=O) groups excluding carboxylic acids is 1. The van der Waals surface area contributed by atoms with E-state index in [1.165, 1.54) is 0 Å². The van der Waals surface area contributed by atoms with Crippen LogP contribution in [-0.2, 0) is 4.79 Å². The summed E-state index contributed by atoms with van der Waals surface area (Å²) in [6.07, 6.45) is 5.83. The first-order valence-electron chi connectivity index (χ1n) is 4.28. The molecule has 0 spiro atoms. The second kappa shape index (κ2) is 4.11. The fourth-order valence-corrected chi connectivity index (χ4v) is 1.47. The van der Waals surface area contributed by atoms with Gasteiger partial charge in [0.05, 0.1) is 0 Å². The van der Waals surface area contributed by atoms with Gasteiger partial charge in [0.2, 0.25) is 5.78 Å². The fourth-order valence-electron chi connectivity index (χ4n) is 1.47. The first-order chi connectivity index (χ1) is 6.19. The van der Waals surface area contributed by atoms with Gasteiger partial charge in [0.25, 0.3) is 0 Å². The van der Waals surface area contributed by atoms with Crippen molar-refractivity contribution in [3.05, 3.63) is 11.3 Å². The smallest absolute Gasteiger partial charge is 0.233 e. The van der Waals surface area contributed by atoms with Crippen LogP contribution in [0.1, 0.15) is 6.42 Å². The average molecular weight is 178 g/mol. The van der Waals surface area contributed by atoms with Crippen LogP contribution in [0.15, 0.2) is 11.3 Å². The molecule has 0 aliphatic carbocycles. The van der Waals surface area contributed by atoms with Crippen molar-refractivity contribution in [3.8, 4) is 12.3 Å². The molecule has 0 aromatic heterocycles. The van der Waals surface area contributed by atoms with E-state index in [0.717, 1.165) is 30.8 Å². The highest BCUT2D eigenvalue weighted by molar-refractivity contribution is 6.08. The van der Waals surface area contributed by atoms with Crippen molar-refractivity contribution in [3.63, 3.8) is 0 Å². The number of rotatable bonds is 2. The third kappa shape index (κ3) is 2.10. The molecule has 0 bridgehead atoms. The van der Waals surface area contributed by atoms with Crippen molar-refractivity contribution in [2.75, 3.05) is 27.2 Å². The van der Waals surface area contributed by atoms with E-state index in [4.69, 9.17) is 6.42 Å². The minimum atomic E-state index is -0.183. The molecule has 0 aromatic carbocycles. The van der Waals surface area contributed by atoms with Crippen LogP contribution in [0.4, 0.5) is 0 Å². The molecule has 0 unspecified atom stereocenters. The van der Waals surface area contributed by atoms with Gasteiger partial charge < -0.3 is 10.2 Å². The molecule has 13 heavy (non-hydrogen) atoms. The Balaban J connectivity index is 2.91. The molecule has 0 fully saturated rings. The van der Waals surface area contributed by atoms with Gasteiger partial charge in [-0.25, -0.2) is 0 Å². The number of hydrogen-bond acceptors (Lipinski definition) is 3. The van der Waals surface area contributed by atoms with Crippen LogP contribution < -0.4 is 5.32 Å². The van der Waals surface area contributed by atoms with E-state index >= 15 is 0 Å². The summed E-state index contributed by atoms with van der Waals surface area (Å²) in [6, 6.07) is 0. The molecular weight excluding hydrogens is 164 g/mol. The molecule has 0 radical (unpaired) electrons. The lowest BCUT2D eigenvalue weighted by Gasteiger charge is -2.26. The predicted octanol–water partition coefficient (Wildman–Crippen LogP) is -0.00230. The van der Waals surface area contributed by atoms with Gasteiger partial charge in [0.1, 0.15) is 0 Å². The van der Waals surface area contributed by atoms with Crippen molar-refractivity contribution in [1.29, 1.82) is 0 Å². The summed E-state index contributed by atoms with van der Waals surface area (Å²) in [5.41, 5.74) is 1.72. The Bertz CT molecular complexity index is 286. The number of ketones is 1. The number of nitrogens with zero attached hydrogens (tertiary/aromatic N) is 1. The number of carbonyl (C=O) groups is 1. The van der Waals surface area contributed by atoms with E-state index in [9.17, 15) is 4.79 Å². The highest BCUT2D eigenvalue weighted by Gasteiger charge is 2.19. The zero-order valence-electron chi connectivity index (χ0n) is 8.05. The van der Waals surface area contributed by atoms with Crippen molar-refractivity contribution in [2.24, 2.45) is 0 Å². The predicted molar refractivity (Wildman–Crippen MR) is 52.0 cm³/mol. The Hall–Kier alpha value is -1.27. The summed E-state index contributed by atoms with van der Waals surface area (Å²) in [5, 5.41) is 3.02. The molecule has 0 saturated carbocycles. The monoisotopic (exact) mass is 178 g/mol. The normalized spacial score (nSPS) is 18.2. The molecule has 0 atom stereocenters. The summed E-state index contributed by atoms with van der Waals surface area (Å²) in [7, 11) is 3.84. The highest BCUT2D eigenvalue weighted by Crippen LogP contribution is 2.15. The lowest BCUT2D eigenvalue weighted by Crippen LogP contribution is -2.34. The SMILES string of the molecule is C#CC(=O)C1=C(NC)CN(C)CC1. The number of hydrogen-bond donors (Lipinski definition) is 1. The maximum Gasteiger partial charge on any atom is 0.233 e. The van der Waals surface area contributed by atoms with Crippen LogP contribution >= 0.6 is 0 Å². The summed E-state index contributed by atoms with van der Waals surface area (Å²) in [5.74, 6) is 1.98. The van der Waals surface area contributed by atoms with Crippen LogP contribution in [0.2, 0.25) is 0 Å². The van der Waals surface area contributed by atoms with E-state index in [2.05, 4.69) is 16.1 Å². The second-order valence-corrected chi connectivity index (χ2v) is 3.17. The fraction of sp³-hybridized carbons (Fsp3) is 0.500. The Labute approximate surface area is 78.8 Å². The Kier molecular flexibility index (Phi) is 3.10. The molecule has 0 amide bonds. The summed E-state index contributed by atoms with van der Waals surface area (Å²) >= 11 is 0. The van der Waals surface area contributed by atoms with Crippen molar-refractivity contribution < 1.29 is 4.79 Å². The summed E-state index contributed by atoms with van der Waals surface area (Å²) < 4.78 is 0. The number of Topliss-reactive ketones (excluding diaryl/α,β-unsaturated/α-hetero) is 1. The molecule has 0 aromatic rings. The zero-order chi connectivity index (χ0) is 9.84. The Morgan fingerprint density at radius 2 is 2.38 bits per heavy atom. The number of likely N-dealkylation sites (N-methyl/N-ethyl adjacent to an activating group) is 2. The van der Waals surface area contributed by atoms with E-state index in [-0.39, 0.29) is 5.78 Å². The summed E-state index contributed by atoms with van der Waals surface area (Å²) in [4.78, 5) is 13.4. The molecule has 70 valence electrons. The first-order valence-corrected chi connectivity index (χ1v) is 4.28. The van der Waals surface area contributed by atoms with Crippen LogP contribution in [-0.4, -0.2) is 37.9 Å². The number of terminal acetylenes is 1. The van der Waals surface area contributed by atoms with Crippen molar-refractivity contribution >= 4 is 5.78 Å². The highest BCUT2D eigenvalue weighted by atomic mass is 16.1. The van der Waals surface area contributed by atoms with E-state index < -0.39 is 0 Å². The van der Waals surface area contributed by atoms with Gasteiger partial charge in [-0.2, -0.15) is 0 Å². The second-order valence-electron chi connectivity index (χ2n) is 3.17. The minimum absolute atomic E-state index is 0.183. The first kappa shape index (κ1) is 9.82. The summed E-state index contributed by atoms with van der Waals surface area (Å²) in [6.45, 7) is 1.67. The average Bonchev–Trinajstić information content (AvgIpc) is 2.16.